The molecule has 1 aromatic rings. The van der Waals surface area contributed by atoms with Crippen molar-refractivity contribution >= 4 is 24.2 Å². The molecule has 1 aromatic carbocycles. The van der Waals surface area contributed by atoms with E-state index in [4.69, 9.17) is 0 Å². The molecule has 2 amide bonds. The van der Waals surface area contributed by atoms with E-state index in [-0.39, 0.29) is 30.3 Å². The summed E-state index contributed by atoms with van der Waals surface area (Å²) >= 11 is 0. The lowest BCUT2D eigenvalue weighted by Gasteiger charge is -2.34. The van der Waals surface area contributed by atoms with Crippen LogP contribution in [0.2, 0.25) is 0 Å². The van der Waals surface area contributed by atoms with Gasteiger partial charge in [0.25, 0.3) is 0 Å². The molecule has 1 aliphatic rings. The Labute approximate surface area is 155 Å². The first-order valence-electron chi connectivity index (χ1n) is 8.55. The van der Waals surface area contributed by atoms with Gasteiger partial charge in [0.2, 0.25) is 11.8 Å². The molecular formula is C18H27ClFN3O2. The minimum atomic E-state index is -0.789. The van der Waals surface area contributed by atoms with E-state index >= 15 is 0 Å². The van der Waals surface area contributed by atoms with Gasteiger partial charge < -0.3 is 10.2 Å². The second-order valence-corrected chi connectivity index (χ2v) is 5.94. The smallest absolute Gasteiger partial charge is 0.241 e. The molecule has 25 heavy (non-hydrogen) atoms. The van der Waals surface area contributed by atoms with E-state index in [9.17, 15) is 14.0 Å². The fraction of sp³-hybridized carbons (Fsp3) is 0.556. The van der Waals surface area contributed by atoms with E-state index in [1.165, 1.54) is 13.1 Å². The summed E-state index contributed by atoms with van der Waals surface area (Å²) in [4.78, 5) is 28.9. The third kappa shape index (κ3) is 4.50. The summed E-state index contributed by atoms with van der Waals surface area (Å²) < 4.78 is 14.3. The highest BCUT2D eigenvalue weighted by molar-refractivity contribution is 5.86. The van der Waals surface area contributed by atoms with Crippen LogP contribution >= 0.6 is 12.4 Å². The van der Waals surface area contributed by atoms with Crippen molar-refractivity contribution in [3.63, 3.8) is 0 Å². The maximum atomic E-state index is 14.3. The monoisotopic (exact) mass is 371 g/mol. The predicted molar refractivity (Wildman–Crippen MR) is 98.1 cm³/mol. The zero-order valence-electron chi connectivity index (χ0n) is 15.0. The van der Waals surface area contributed by atoms with E-state index in [1.807, 2.05) is 18.7 Å². The summed E-state index contributed by atoms with van der Waals surface area (Å²) in [5.41, 5.74) is 0.316. The molecule has 0 bridgehead atoms. The number of likely N-dealkylation sites (tertiary alicyclic amines) is 1. The number of rotatable bonds is 6. The molecule has 0 aliphatic carbocycles. The van der Waals surface area contributed by atoms with Gasteiger partial charge in [0.15, 0.2) is 0 Å². The molecule has 0 aromatic heterocycles. The molecule has 0 saturated carbocycles. The molecule has 1 fully saturated rings. The van der Waals surface area contributed by atoms with Crippen LogP contribution in [0.4, 0.5) is 4.39 Å². The van der Waals surface area contributed by atoms with Gasteiger partial charge in [-0.05, 0) is 32.8 Å². The first-order chi connectivity index (χ1) is 11.5. The third-order valence-corrected chi connectivity index (χ3v) is 4.68. The largest absolute Gasteiger partial charge is 0.358 e. The lowest BCUT2D eigenvalue weighted by molar-refractivity contribution is -0.138. The van der Waals surface area contributed by atoms with Gasteiger partial charge in [0.1, 0.15) is 11.9 Å². The Morgan fingerprint density at radius 1 is 1.32 bits per heavy atom. The van der Waals surface area contributed by atoms with Gasteiger partial charge in [-0.15, -0.1) is 12.4 Å². The second kappa shape index (κ2) is 9.73. The van der Waals surface area contributed by atoms with Gasteiger partial charge in [-0.3, -0.25) is 14.5 Å². The molecule has 1 heterocycles. The normalized spacial score (nSPS) is 18.3. The quantitative estimate of drug-likeness (QED) is 0.835. The minimum absolute atomic E-state index is 0. The van der Waals surface area contributed by atoms with Crippen molar-refractivity contribution in [1.29, 1.82) is 0 Å². The molecule has 1 aliphatic heterocycles. The maximum Gasteiger partial charge on any atom is 0.241 e. The average molecular weight is 372 g/mol. The Bertz CT molecular complexity index is 595. The summed E-state index contributed by atoms with van der Waals surface area (Å²) in [6.45, 7) is 5.74. The van der Waals surface area contributed by atoms with Crippen LogP contribution in [0.15, 0.2) is 24.3 Å². The predicted octanol–water partition coefficient (Wildman–Crippen LogP) is 2.37. The number of hydrogen-bond acceptors (Lipinski definition) is 3. The van der Waals surface area contributed by atoms with Gasteiger partial charge in [-0.2, -0.15) is 0 Å². The van der Waals surface area contributed by atoms with Crippen LogP contribution in [-0.2, 0) is 9.59 Å². The molecule has 0 unspecified atom stereocenters. The van der Waals surface area contributed by atoms with E-state index in [2.05, 4.69) is 5.32 Å². The number of hydrogen-bond donors (Lipinski definition) is 1. The maximum absolute atomic E-state index is 14.3. The highest BCUT2D eigenvalue weighted by Gasteiger charge is 2.41. The van der Waals surface area contributed by atoms with Crippen LogP contribution in [0.5, 0.6) is 0 Å². The Hall–Kier alpha value is -1.66. The third-order valence-electron chi connectivity index (χ3n) is 4.68. The van der Waals surface area contributed by atoms with Crippen molar-refractivity contribution in [2.45, 2.75) is 38.8 Å². The molecule has 1 saturated heterocycles. The van der Waals surface area contributed by atoms with Crippen molar-refractivity contribution in [3.8, 4) is 0 Å². The number of nitrogens with one attached hydrogen (secondary N) is 1. The van der Waals surface area contributed by atoms with Crippen LogP contribution in [0.1, 0.15) is 38.3 Å². The van der Waals surface area contributed by atoms with Crippen molar-refractivity contribution in [3.05, 3.63) is 35.6 Å². The lowest BCUT2D eigenvalue weighted by atomic mass is 10.0. The summed E-state index contributed by atoms with van der Waals surface area (Å²) in [6, 6.07) is 5.11. The molecular weight excluding hydrogens is 345 g/mol. The number of nitrogens with zero attached hydrogens (tertiary/aromatic N) is 2. The topological polar surface area (TPSA) is 52.7 Å². The number of carbonyl (C=O) groups is 2. The molecule has 0 spiro atoms. The zero-order valence-corrected chi connectivity index (χ0v) is 15.8. The van der Waals surface area contributed by atoms with Gasteiger partial charge in [-0.1, -0.05) is 18.2 Å². The summed E-state index contributed by atoms with van der Waals surface area (Å²) in [6.07, 6.45) is 1.51. The fourth-order valence-electron chi connectivity index (χ4n) is 3.41. The average Bonchev–Trinajstić information content (AvgIpc) is 3.06. The van der Waals surface area contributed by atoms with Crippen molar-refractivity contribution < 1.29 is 14.0 Å². The van der Waals surface area contributed by atoms with Crippen LogP contribution in [0, 0.1) is 5.82 Å². The highest BCUT2D eigenvalue weighted by atomic mass is 35.5. The first kappa shape index (κ1) is 21.4. The van der Waals surface area contributed by atoms with Gasteiger partial charge in [-0.25, -0.2) is 4.39 Å². The Morgan fingerprint density at radius 3 is 2.52 bits per heavy atom. The van der Waals surface area contributed by atoms with Gasteiger partial charge in [0, 0.05) is 32.2 Å². The molecule has 1 N–H and O–H groups in total. The van der Waals surface area contributed by atoms with E-state index in [0.717, 1.165) is 6.42 Å². The van der Waals surface area contributed by atoms with Gasteiger partial charge >= 0.3 is 0 Å². The molecule has 2 atom stereocenters. The second-order valence-electron chi connectivity index (χ2n) is 5.94. The summed E-state index contributed by atoms with van der Waals surface area (Å²) in [5.74, 6) is -0.700. The zero-order chi connectivity index (χ0) is 17.7. The van der Waals surface area contributed by atoms with Crippen molar-refractivity contribution in [1.82, 2.24) is 15.1 Å². The molecule has 2 rings (SSSR count). The SMILES string of the molecule is CCN(CC)C(=O)[C@@H]1CCCN1[C@@H](C(=O)NC)c1ccccc1F.Cl. The minimum Gasteiger partial charge on any atom is -0.358 e. The Morgan fingerprint density at radius 2 is 1.96 bits per heavy atom. The summed E-state index contributed by atoms with van der Waals surface area (Å²) in [5, 5.41) is 2.61. The van der Waals surface area contributed by atoms with Crippen LogP contribution in [-0.4, -0.2) is 54.3 Å². The molecule has 0 radical (unpaired) electrons. The molecule has 5 nitrogen and oxygen atoms in total. The number of likely N-dealkylation sites (N-methyl/N-ethyl adjacent to an activating group) is 2. The van der Waals surface area contributed by atoms with Crippen LogP contribution < -0.4 is 5.32 Å². The molecule has 7 heteroatoms. The lowest BCUT2D eigenvalue weighted by Crippen LogP contribution is -2.49. The molecule has 140 valence electrons. The highest BCUT2D eigenvalue weighted by Crippen LogP contribution is 2.32. The first-order valence-corrected chi connectivity index (χ1v) is 8.55. The van der Waals surface area contributed by atoms with Gasteiger partial charge in [0.05, 0.1) is 6.04 Å². The number of halogens is 2. The van der Waals surface area contributed by atoms with E-state index in [0.29, 0.717) is 31.6 Å². The van der Waals surface area contributed by atoms with Crippen LogP contribution in [0.3, 0.4) is 0 Å². The Balaban J connectivity index is 0.00000312. The van der Waals surface area contributed by atoms with E-state index < -0.39 is 11.9 Å². The summed E-state index contributed by atoms with van der Waals surface area (Å²) in [7, 11) is 1.54. The number of carbonyl (C=O) groups excluding carboxylic acids is 2. The van der Waals surface area contributed by atoms with Crippen molar-refractivity contribution in [2.75, 3.05) is 26.7 Å². The fourth-order valence-corrected chi connectivity index (χ4v) is 3.41. The van der Waals surface area contributed by atoms with Crippen molar-refractivity contribution in [2.24, 2.45) is 0 Å². The van der Waals surface area contributed by atoms with Crippen LogP contribution in [0.25, 0.3) is 0 Å². The van der Waals surface area contributed by atoms with E-state index in [1.54, 1.807) is 23.1 Å². The number of benzene rings is 1. The standard InChI is InChI=1S/C18H26FN3O2.ClH/c1-4-21(5-2)18(24)15-11-8-12-22(15)16(17(23)20-3)13-9-6-7-10-14(13)19;/h6-7,9-10,15-16H,4-5,8,11-12H2,1-3H3,(H,20,23);1H/t15-,16+;/m0./s1. The number of amides is 2. The Kier molecular flexibility index (Phi) is 8.32.